The number of rotatable bonds is 3. The molecule has 1 saturated carbocycles. The molecule has 0 aliphatic heterocycles. The van der Waals surface area contributed by atoms with E-state index in [1.54, 1.807) is 0 Å². The number of hydrogen-bond donors (Lipinski definition) is 0. The van der Waals surface area contributed by atoms with Gasteiger partial charge in [-0.2, -0.15) is 5.10 Å². The molecule has 1 aromatic rings. The fraction of sp³-hybridized carbons (Fsp3) is 0.750. The molecule has 0 bridgehead atoms. The first-order chi connectivity index (χ1) is 7.63. The van der Waals surface area contributed by atoms with Crippen LogP contribution in [-0.4, -0.2) is 15.2 Å². The lowest BCUT2D eigenvalue weighted by molar-refractivity contribution is 0.526. The largest absolute Gasteiger partial charge is 0.271 e. The minimum Gasteiger partial charge on any atom is -0.271 e. The first kappa shape index (κ1) is 12.3. The number of aromatic nitrogens is 2. The SMILES string of the molecule is CCc1nn(C)c(CC2CCCC2Cl)c1Cl. The summed E-state index contributed by atoms with van der Waals surface area (Å²) in [5.41, 5.74) is 2.15. The number of nitrogens with zero attached hydrogens (tertiary/aromatic N) is 2. The van der Waals surface area contributed by atoms with Crippen LogP contribution in [-0.2, 0) is 19.9 Å². The lowest BCUT2D eigenvalue weighted by atomic mass is 10.0. The molecule has 1 fully saturated rings. The Labute approximate surface area is 107 Å². The van der Waals surface area contributed by atoms with Crippen LogP contribution in [0.15, 0.2) is 0 Å². The van der Waals surface area contributed by atoms with Gasteiger partial charge in [-0.25, -0.2) is 0 Å². The van der Waals surface area contributed by atoms with Crippen LogP contribution in [0.5, 0.6) is 0 Å². The van der Waals surface area contributed by atoms with Crippen molar-refractivity contribution < 1.29 is 0 Å². The van der Waals surface area contributed by atoms with Crippen molar-refractivity contribution in [1.82, 2.24) is 9.78 Å². The monoisotopic (exact) mass is 260 g/mol. The summed E-state index contributed by atoms with van der Waals surface area (Å²) in [7, 11) is 1.97. The highest BCUT2D eigenvalue weighted by atomic mass is 35.5. The molecule has 0 saturated heterocycles. The molecule has 0 N–H and O–H groups in total. The third-order valence-corrected chi connectivity index (χ3v) is 4.54. The normalized spacial score (nSPS) is 25.2. The Kier molecular flexibility index (Phi) is 3.81. The van der Waals surface area contributed by atoms with Crippen LogP contribution in [0.2, 0.25) is 5.02 Å². The lowest BCUT2D eigenvalue weighted by Crippen LogP contribution is -2.13. The molecular formula is C12H18Cl2N2. The molecule has 2 nitrogen and oxygen atoms in total. The zero-order valence-corrected chi connectivity index (χ0v) is 11.4. The summed E-state index contributed by atoms with van der Waals surface area (Å²) < 4.78 is 1.92. The maximum absolute atomic E-state index is 6.33. The summed E-state index contributed by atoms with van der Waals surface area (Å²) in [5, 5.41) is 5.60. The molecule has 0 radical (unpaired) electrons. The Hall–Kier alpha value is -0.210. The van der Waals surface area contributed by atoms with Crippen molar-refractivity contribution in [2.75, 3.05) is 0 Å². The van der Waals surface area contributed by atoms with Crippen LogP contribution < -0.4 is 0 Å². The maximum Gasteiger partial charge on any atom is 0.0849 e. The van der Waals surface area contributed by atoms with Gasteiger partial charge >= 0.3 is 0 Å². The summed E-state index contributed by atoms with van der Waals surface area (Å²) in [6.45, 7) is 2.08. The summed E-state index contributed by atoms with van der Waals surface area (Å²) in [4.78, 5) is 0. The van der Waals surface area contributed by atoms with Gasteiger partial charge in [0.1, 0.15) is 0 Å². The summed E-state index contributed by atoms with van der Waals surface area (Å²) >= 11 is 12.6. The molecule has 16 heavy (non-hydrogen) atoms. The van der Waals surface area contributed by atoms with Crippen LogP contribution in [0.3, 0.4) is 0 Å². The maximum atomic E-state index is 6.33. The van der Waals surface area contributed by atoms with Gasteiger partial charge in [-0.05, 0) is 31.6 Å². The van der Waals surface area contributed by atoms with Gasteiger partial charge in [0, 0.05) is 12.4 Å². The Morgan fingerprint density at radius 1 is 1.44 bits per heavy atom. The van der Waals surface area contributed by atoms with Gasteiger partial charge in [-0.15, -0.1) is 11.6 Å². The Morgan fingerprint density at radius 2 is 2.19 bits per heavy atom. The second-order valence-corrected chi connectivity index (χ2v) is 5.53. The minimum absolute atomic E-state index is 0.316. The van der Waals surface area contributed by atoms with Crippen molar-refractivity contribution in [2.24, 2.45) is 13.0 Å². The Balaban J connectivity index is 2.17. The number of halogens is 2. The van der Waals surface area contributed by atoms with E-state index in [-0.39, 0.29) is 0 Å². The molecule has 2 atom stereocenters. The third kappa shape index (κ3) is 2.23. The van der Waals surface area contributed by atoms with Crippen molar-refractivity contribution in [3.8, 4) is 0 Å². The molecule has 1 aromatic heterocycles. The van der Waals surface area contributed by atoms with Crippen molar-refractivity contribution in [3.63, 3.8) is 0 Å². The molecule has 2 rings (SSSR count). The molecule has 1 aliphatic rings. The average Bonchev–Trinajstić information content (AvgIpc) is 2.77. The van der Waals surface area contributed by atoms with Crippen LogP contribution in [0, 0.1) is 5.92 Å². The molecule has 1 heterocycles. The molecule has 0 amide bonds. The van der Waals surface area contributed by atoms with Gasteiger partial charge in [-0.3, -0.25) is 4.68 Å². The van der Waals surface area contributed by atoms with E-state index in [4.69, 9.17) is 23.2 Å². The highest BCUT2D eigenvalue weighted by Gasteiger charge is 2.27. The third-order valence-electron chi connectivity index (χ3n) is 3.52. The second-order valence-electron chi connectivity index (χ2n) is 4.60. The van der Waals surface area contributed by atoms with Gasteiger partial charge in [-0.1, -0.05) is 24.9 Å². The van der Waals surface area contributed by atoms with Crippen LogP contribution >= 0.6 is 23.2 Å². The zero-order chi connectivity index (χ0) is 11.7. The quantitative estimate of drug-likeness (QED) is 0.760. The first-order valence-electron chi connectivity index (χ1n) is 5.97. The van der Waals surface area contributed by atoms with Gasteiger partial charge < -0.3 is 0 Å². The van der Waals surface area contributed by atoms with Crippen molar-refractivity contribution in [3.05, 3.63) is 16.4 Å². The summed E-state index contributed by atoms with van der Waals surface area (Å²) in [6, 6.07) is 0. The van der Waals surface area contributed by atoms with E-state index in [2.05, 4.69) is 12.0 Å². The average molecular weight is 261 g/mol. The highest BCUT2D eigenvalue weighted by Crippen LogP contribution is 2.34. The topological polar surface area (TPSA) is 17.8 Å². The zero-order valence-electron chi connectivity index (χ0n) is 9.84. The van der Waals surface area contributed by atoms with Crippen molar-refractivity contribution >= 4 is 23.2 Å². The minimum atomic E-state index is 0.316. The van der Waals surface area contributed by atoms with E-state index in [1.165, 1.54) is 12.8 Å². The van der Waals surface area contributed by atoms with E-state index >= 15 is 0 Å². The lowest BCUT2D eigenvalue weighted by Gasteiger charge is -2.13. The summed E-state index contributed by atoms with van der Waals surface area (Å²) in [5.74, 6) is 0.569. The molecule has 2 unspecified atom stereocenters. The van der Waals surface area contributed by atoms with Gasteiger partial charge in [0.25, 0.3) is 0 Å². The predicted molar refractivity (Wildman–Crippen MR) is 68.3 cm³/mol. The van der Waals surface area contributed by atoms with Crippen LogP contribution in [0.25, 0.3) is 0 Å². The van der Waals surface area contributed by atoms with Gasteiger partial charge in [0.2, 0.25) is 0 Å². The molecule has 0 spiro atoms. The van der Waals surface area contributed by atoms with E-state index in [0.29, 0.717) is 11.3 Å². The Bertz CT molecular complexity index is 373. The molecule has 0 aromatic carbocycles. The fourth-order valence-electron chi connectivity index (χ4n) is 2.51. The number of aryl methyl sites for hydroxylation is 2. The molecule has 4 heteroatoms. The van der Waals surface area contributed by atoms with E-state index in [0.717, 1.165) is 35.7 Å². The standard InChI is InChI=1S/C12H18Cl2N2/c1-3-10-12(14)11(16(2)15-10)7-8-5-4-6-9(8)13/h8-9H,3-7H2,1-2H3. The second kappa shape index (κ2) is 4.97. The van der Waals surface area contributed by atoms with Crippen molar-refractivity contribution in [1.29, 1.82) is 0 Å². The van der Waals surface area contributed by atoms with E-state index in [9.17, 15) is 0 Å². The highest BCUT2D eigenvalue weighted by molar-refractivity contribution is 6.31. The first-order valence-corrected chi connectivity index (χ1v) is 6.79. The fourth-order valence-corrected chi connectivity index (χ4v) is 3.25. The molecule has 90 valence electrons. The van der Waals surface area contributed by atoms with Crippen LogP contribution in [0.1, 0.15) is 37.6 Å². The summed E-state index contributed by atoms with van der Waals surface area (Å²) in [6.07, 6.45) is 5.46. The molecular weight excluding hydrogens is 243 g/mol. The number of alkyl halides is 1. The molecule has 1 aliphatic carbocycles. The van der Waals surface area contributed by atoms with E-state index < -0.39 is 0 Å². The van der Waals surface area contributed by atoms with Gasteiger partial charge in [0.05, 0.1) is 16.4 Å². The number of hydrogen-bond acceptors (Lipinski definition) is 1. The van der Waals surface area contributed by atoms with E-state index in [1.807, 2.05) is 11.7 Å². The predicted octanol–water partition coefficient (Wildman–Crippen LogP) is 3.59. The smallest absolute Gasteiger partial charge is 0.0849 e. The van der Waals surface area contributed by atoms with Gasteiger partial charge in [0.15, 0.2) is 0 Å². The van der Waals surface area contributed by atoms with Crippen molar-refractivity contribution in [2.45, 2.75) is 44.4 Å². The Morgan fingerprint density at radius 3 is 2.69 bits per heavy atom. The van der Waals surface area contributed by atoms with Crippen LogP contribution in [0.4, 0.5) is 0 Å².